The Morgan fingerprint density at radius 2 is 0.625 bits per heavy atom. The average Bonchev–Trinajstić information content (AvgIpc) is 3.65. The molecule has 6 aromatic rings. The molecule has 0 spiro atoms. The molecule has 0 amide bonds. The first-order valence-electron chi connectivity index (χ1n) is 15.0. The molecule has 0 aliphatic carbocycles. The van der Waals surface area contributed by atoms with Crippen LogP contribution in [0.1, 0.15) is 68.3 Å². The predicted octanol–water partition coefficient (Wildman–Crippen LogP) is -1.21. The van der Waals surface area contributed by atoms with Crippen LogP contribution in [0.25, 0.3) is 0 Å². The van der Waals surface area contributed by atoms with Gasteiger partial charge in [-0.1, -0.05) is 12.1 Å². The summed E-state index contributed by atoms with van der Waals surface area (Å²) in [5.74, 6) is 0. The number of rotatable bonds is 8. The van der Waals surface area contributed by atoms with Crippen molar-refractivity contribution in [2.24, 2.45) is 0 Å². The predicted molar refractivity (Wildman–Crippen MR) is 175 cm³/mol. The van der Waals surface area contributed by atoms with Gasteiger partial charge in [0.25, 0.3) is 0 Å². The van der Waals surface area contributed by atoms with Crippen LogP contribution in [0, 0.1) is 55.4 Å². The fourth-order valence-electron chi connectivity index (χ4n) is 5.36. The molecule has 0 fully saturated rings. The van der Waals surface area contributed by atoms with E-state index in [9.17, 15) is 0 Å². The van der Waals surface area contributed by atoms with Crippen LogP contribution >= 0.6 is 0 Å². The summed E-state index contributed by atoms with van der Waals surface area (Å²) >= 11 is 0. The van der Waals surface area contributed by atoms with E-state index in [1.807, 2.05) is 70.7 Å². The minimum Gasteiger partial charge on any atom is -1.00 e. The maximum absolute atomic E-state index is 4.74. The van der Waals surface area contributed by atoms with E-state index in [-0.39, 0.29) is 55.9 Å². The molecular formula is C34H44Br2N10NiO. The first-order chi connectivity index (χ1) is 21.0. The molecule has 48 heavy (non-hydrogen) atoms. The summed E-state index contributed by atoms with van der Waals surface area (Å²) in [6, 6.07) is 20.6. The van der Waals surface area contributed by atoms with Gasteiger partial charge in [0.2, 0.25) is 0 Å². The van der Waals surface area contributed by atoms with Gasteiger partial charge in [0, 0.05) is 22.8 Å². The van der Waals surface area contributed by atoms with E-state index in [4.69, 9.17) is 9.97 Å². The first-order valence-corrected chi connectivity index (χ1v) is 15.0. The van der Waals surface area contributed by atoms with E-state index >= 15 is 0 Å². The SMILES string of the molecule is Cc1cc(C)n(Cc2cccc(Cn3nc(C)cc3C)n2)n1.Cc1cc(C)n(Cc2cccc(Cn3nc(C)cc3C)n2)n1.O.[Br-].[Br-].[Ni+2]. The average molecular weight is 827 g/mol. The van der Waals surface area contributed by atoms with Crippen molar-refractivity contribution in [1.29, 1.82) is 0 Å². The molecular weight excluding hydrogens is 783 g/mol. The first kappa shape index (κ1) is 42.6. The number of aromatic nitrogens is 10. The Kier molecular flexibility index (Phi) is 16.8. The maximum Gasteiger partial charge on any atom is 2.00 e. The Morgan fingerprint density at radius 1 is 0.417 bits per heavy atom. The number of aryl methyl sites for hydroxylation is 8. The van der Waals surface area contributed by atoms with Gasteiger partial charge >= 0.3 is 16.5 Å². The maximum atomic E-state index is 4.74. The van der Waals surface area contributed by atoms with E-state index in [1.54, 1.807) is 0 Å². The number of halogens is 2. The standard InChI is InChI=1S/2C17H21N5.2BrH.Ni.H2O/c2*1-12-8-14(3)21(19-12)10-16-6-5-7-17(18-16)11-22-15(4)9-13(2)20-22;;;;/h2*5-9H,10-11H2,1-4H3;2*1H;;1H2/q;;;;+2;/p-2. The second-order valence-electron chi connectivity index (χ2n) is 11.6. The third kappa shape index (κ3) is 11.3. The molecule has 0 aromatic carbocycles. The fourth-order valence-corrected chi connectivity index (χ4v) is 5.36. The second kappa shape index (κ2) is 18.9. The van der Waals surface area contributed by atoms with Crippen LogP contribution in [-0.4, -0.2) is 54.6 Å². The molecule has 6 heterocycles. The zero-order valence-corrected chi connectivity index (χ0v) is 32.8. The quantitative estimate of drug-likeness (QED) is 0.178. The summed E-state index contributed by atoms with van der Waals surface area (Å²) in [7, 11) is 0. The molecule has 0 saturated carbocycles. The second-order valence-corrected chi connectivity index (χ2v) is 11.6. The molecule has 0 unspecified atom stereocenters. The van der Waals surface area contributed by atoms with Crippen molar-refractivity contribution >= 4 is 0 Å². The van der Waals surface area contributed by atoms with Gasteiger partial charge in [-0.2, -0.15) is 20.4 Å². The third-order valence-corrected chi connectivity index (χ3v) is 7.39. The summed E-state index contributed by atoms with van der Waals surface area (Å²) in [5, 5.41) is 18.0. The molecule has 2 N–H and O–H groups in total. The zero-order chi connectivity index (χ0) is 31.4. The molecule has 0 saturated heterocycles. The number of nitrogens with zero attached hydrogens (tertiary/aromatic N) is 10. The van der Waals surface area contributed by atoms with Crippen molar-refractivity contribution in [3.05, 3.63) is 129 Å². The van der Waals surface area contributed by atoms with Gasteiger partial charge in [0.1, 0.15) is 0 Å². The number of hydrogen-bond donors (Lipinski definition) is 0. The summed E-state index contributed by atoms with van der Waals surface area (Å²) in [5.41, 5.74) is 12.9. The van der Waals surface area contributed by atoms with Crippen LogP contribution in [0.15, 0.2) is 60.7 Å². The summed E-state index contributed by atoms with van der Waals surface area (Å²) < 4.78 is 7.96. The molecule has 0 aliphatic rings. The van der Waals surface area contributed by atoms with E-state index in [0.717, 1.165) is 68.3 Å². The Labute approximate surface area is 314 Å². The van der Waals surface area contributed by atoms with Crippen LogP contribution in [0.5, 0.6) is 0 Å². The third-order valence-electron chi connectivity index (χ3n) is 7.39. The van der Waals surface area contributed by atoms with E-state index in [1.165, 1.54) is 0 Å². The molecule has 0 atom stereocenters. The topological polar surface area (TPSA) is 129 Å². The minimum absolute atomic E-state index is 0. The van der Waals surface area contributed by atoms with Gasteiger partial charge < -0.3 is 39.4 Å². The Morgan fingerprint density at radius 3 is 0.792 bits per heavy atom. The number of hydrogen-bond acceptors (Lipinski definition) is 6. The van der Waals surface area contributed by atoms with Crippen LogP contribution in [-0.2, 0) is 42.7 Å². The van der Waals surface area contributed by atoms with Crippen molar-refractivity contribution in [2.75, 3.05) is 0 Å². The van der Waals surface area contributed by atoms with Crippen molar-refractivity contribution in [1.82, 2.24) is 49.1 Å². The van der Waals surface area contributed by atoms with Gasteiger partial charge in [-0.15, -0.1) is 0 Å². The van der Waals surface area contributed by atoms with Gasteiger partial charge in [-0.05, 0) is 104 Å². The van der Waals surface area contributed by atoms with Crippen molar-refractivity contribution in [2.45, 2.75) is 81.6 Å². The van der Waals surface area contributed by atoms with Crippen LogP contribution < -0.4 is 34.0 Å². The molecule has 0 radical (unpaired) electrons. The van der Waals surface area contributed by atoms with E-state index in [2.05, 4.69) is 84.5 Å². The van der Waals surface area contributed by atoms with E-state index < -0.39 is 0 Å². The Balaban J connectivity index is 0.000000443. The van der Waals surface area contributed by atoms with Gasteiger partial charge in [0.15, 0.2) is 0 Å². The molecule has 6 rings (SSSR count). The molecule has 260 valence electrons. The molecule has 0 aliphatic heterocycles. The zero-order valence-electron chi connectivity index (χ0n) is 28.6. The van der Waals surface area contributed by atoms with Crippen LogP contribution in [0.4, 0.5) is 0 Å². The summed E-state index contributed by atoms with van der Waals surface area (Å²) in [4.78, 5) is 9.48. The molecule has 0 bridgehead atoms. The largest absolute Gasteiger partial charge is 2.00 e. The summed E-state index contributed by atoms with van der Waals surface area (Å²) in [6.07, 6.45) is 0. The molecule has 6 aromatic heterocycles. The van der Waals surface area contributed by atoms with Crippen molar-refractivity contribution in [3.63, 3.8) is 0 Å². The molecule has 14 heteroatoms. The van der Waals surface area contributed by atoms with Crippen molar-refractivity contribution < 1.29 is 55.9 Å². The molecule has 11 nitrogen and oxygen atoms in total. The van der Waals surface area contributed by atoms with Crippen molar-refractivity contribution in [3.8, 4) is 0 Å². The number of pyridine rings is 2. The van der Waals surface area contributed by atoms with E-state index in [0.29, 0.717) is 26.2 Å². The summed E-state index contributed by atoms with van der Waals surface area (Å²) in [6.45, 7) is 19.1. The van der Waals surface area contributed by atoms with Gasteiger partial charge in [0.05, 0.1) is 71.7 Å². The Bertz CT molecular complexity index is 1630. The van der Waals surface area contributed by atoms with Crippen LogP contribution in [0.2, 0.25) is 0 Å². The fraction of sp³-hybridized carbons (Fsp3) is 0.353. The van der Waals surface area contributed by atoms with Gasteiger partial charge in [-0.25, -0.2) is 0 Å². The smallest absolute Gasteiger partial charge is 1.00 e. The normalized spacial score (nSPS) is 10.2. The monoisotopic (exact) mass is 824 g/mol. The van der Waals surface area contributed by atoms with Gasteiger partial charge in [-0.3, -0.25) is 28.7 Å². The minimum atomic E-state index is 0. The van der Waals surface area contributed by atoms with Crippen LogP contribution in [0.3, 0.4) is 0 Å². The Hall–Kier alpha value is -3.45.